The van der Waals surface area contributed by atoms with E-state index in [4.69, 9.17) is 0 Å². The molecule has 0 aliphatic carbocycles. The fourth-order valence-electron chi connectivity index (χ4n) is 1.47. The lowest BCUT2D eigenvalue weighted by molar-refractivity contribution is -0.132. The zero-order valence-electron chi connectivity index (χ0n) is 10.7. The van der Waals surface area contributed by atoms with E-state index in [1.165, 1.54) is 0 Å². The van der Waals surface area contributed by atoms with Gasteiger partial charge in [-0.1, -0.05) is 27.2 Å². The number of hydrogen-bond acceptors (Lipinski definition) is 2. The van der Waals surface area contributed by atoms with Gasteiger partial charge in [-0.2, -0.15) is 0 Å². The van der Waals surface area contributed by atoms with Crippen LogP contribution in [-0.4, -0.2) is 36.5 Å². The summed E-state index contributed by atoms with van der Waals surface area (Å²) in [6.45, 7) is 10.7. The first-order valence-corrected chi connectivity index (χ1v) is 6.17. The van der Waals surface area contributed by atoms with Crippen LogP contribution in [0, 0.1) is 0 Å². The van der Waals surface area contributed by atoms with Crippen molar-refractivity contribution in [3.05, 3.63) is 0 Å². The van der Waals surface area contributed by atoms with Crippen LogP contribution < -0.4 is 5.32 Å². The van der Waals surface area contributed by atoms with Crippen molar-refractivity contribution in [3.63, 3.8) is 0 Å². The van der Waals surface area contributed by atoms with Crippen LogP contribution in [0.2, 0.25) is 0 Å². The monoisotopic (exact) mass is 214 g/mol. The van der Waals surface area contributed by atoms with E-state index in [9.17, 15) is 4.79 Å². The number of unbranched alkanes of at least 4 members (excludes halogenated alkanes) is 1. The predicted octanol–water partition coefficient (Wildman–Crippen LogP) is 2.02. The molecular weight excluding hydrogens is 188 g/mol. The second-order valence-electron chi connectivity index (χ2n) is 3.98. The molecule has 0 aromatic heterocycles. The fourth-order valence-corrected chi connectivity index (χ4v) is 1.47. The smallest absolute Gasteiger partial charge is 0.236 e. The van der Waals surface area contributed by atoms with E-state index >= 15 is 0 Å². The Morgan fingerprint density at radius 1 is 1.33 bits per heavy atom. The highest BCUT2D eigenvalue weighted by Gasteiger charge is 2.17. The van der Waals surface area contributed by atoms with E-state index in [2.05, 4.69) is 26.1 Å². The molecule has 1 amide bonds. The first-order chi connectivity index (χ1) is 7.17. The van der Waals surface area contributed by atoms with Gasteiger partial charge in [0.1, 0.15) is 0 Å². The molecule has 0 aliphatic heterocycles. The highest BCUT2D eigenvalue weighted by Crippen LogP contribution is 2.05. The summed E-state index contributed by atoms with van der Waals surface area (Å²) >= 11 is 0. The van der Waals surface area contributed by atoms with Gasteiger partial charge in [0.15, 0.2) is 0 Å². The predicted molar refractivity (Wildman–Crippen MR) is 64.9 cm³/mol. The van der Waals surface area contributed by atoms with E-state index in [1.807, 2.05) is 11.8 Å². The Morgan fingerprint density at radius 2 is 2.00 bits per heavy atom. The van der Waals surface area contributed by atoms with E-state index in [1.54, 1.807) is 0 Å². The minimum Gasteiger partial charge on any atom is -0.339 e. The van der Waals surface area contributed by atoms with Gasteiger partial charge in [0.2, 0.25) is 5.91 Å². The molecule has 0 aromatic carbocycles. The van der Waals surface area contributed by atoms with E-state index < -0.39 is 0 Å². The molecule has 0 saturated carbocycles. The Hall–Kier alpha value is -0.570. The fraction of sp³-hybridized carbons (Fsp3) is 0.917. The first-order valence-electron chi connectivity index (χ1n) is 6.17. The van der Waals surface area contributed by atoms with Crippen molar-refractivity contribution in [3.8, 4) is 0 Å². The van der Waals surface area contributed by atoms with Crippen molar-refractivity contribution in [1.82, 2.24) is 10.2 Å². The molecule has 0 radical (unpaired) electrons. The molecule has 0 spiro atoms. The third kappa shape index (κ3) is 5.78. The molecule has 1 N–H and O–H groups in total. The van der Waals surface area contributed by atoms with Crippen molar-refractivity contribution in [2.45, 2.75) is 53.0 Å². The van der Waals surface area contributed by atoms with Gasteiger partial charge in [-0.15, -0.1) is 0 Å². The normalized spacial score (nSPS) is 12.5. The topological polar surface area (TPSA) is 32.3 Å². The van der Waals surface area contributed by atoms with E-state index in [0.717, 1.165) is 32.4 Å². The summed E-state index contributed by atoms with van der Waals surface area (Å²) in [6, 6.07) is 0.364. The Labute approximate surface area is 94.2 Å². The van der Waals surface area contributed by atoms with Crippen LogP contribution in [0.4, 0.5) is 0 Å². The van der Waals surface area contributed by atoms with Crippen molar-refractivity contribution < 1.29 is 4.79 Å². The van der Waals surface area contributed by atoms with E-state index in [0.29, 0.717) is 12.6 Å². The SMILES string of the molecule is CCCCN(C(=O)CNCC)C(C)CC. The number of carbonyl (C=O) groups excluding carboxylic acids is 1. The molecule has 0 aliphatic rings. The minimum absolute atomic E-state index is 0.236. The summed E-state index contributed by atoms with van der Waals surface area (Å²) < 4.78 is 0. The third-order valence-corrected chi connectivity index (χ3v) is 2.72. The molecule has 0 rings (SSSR count). The van der Waals surface area contributed by atoms with Crippen LogP contribution in [0.25, 0.3) is 0 Å². The van der Waals surface area contributed by atoms with Crippen molar-refractivity contribution in [2.24, 2.45) is 0 Å². The number of carbonyl (C=O) groups is 1. The first kappa shape index (κ1) is 14.4. The molecule has 90 valence electrons. The molecule has 0 heterocycles. The molecule has 15 heavy (non-hydrogen) atoms. The summed E-state index contributed by atoms with van der Waals surface area (Å²) in [4.78, 5) is 13.9. The highest BCUT2D eigenvalue weighted by atomic mass is 16.2. The largest absolute Gasteiger partial charge is 0.339 e. The van der Waals surface area contributed by atoms with Crippen LogP contribution in [0.15, 0.2) is 0 Å². The van der Waals surface area contributed by atoms with E-state index in [-0.39, 0.29) is 5.91 Å². The van der Waals surface area contributed by atoms with Gasteiger partial charge in [-0.05, 0) is 26.3 Å². The van der Waals surface area contributed by atoms with Crippen LogP contribution >= 0.6 is 0 Å². The van der Waals surface area contributed by atoms with Gasteiger partial charge in [-0.3, -0.25) is 4.79 Å². The second-order valence-corrected chi connectivity index (χ2v) is 3.98. The Bertz CT molecular complexity index is 171. The zero-order valence-corrected chi connectivity index (χ0v) is 10.7. The summed E-state index contributed by atoms with van der Waals surface area (Å²) in [6.07, 6.45) is 3.27. The summed E-state index contributed by atoms with van der Waals surface area (Å²) in [5.41, 5.74) is 0. The van der Waals surface area contributed by atoms with Crippen LogP contribution in [0.3, 0.4) is 0 Å². The highest BCUT2D eigenvalue weighted by molar-refractivity contribution is 5.78. The number of likely N-dealkylation sites (N-methyl/N-ethyl adjacent to an activating group) is 1. The zero-order chi connectivity index (χ0) is 11.7. The average Bonchev–Trinajstić information content (AvgIpc) is 2.26. The lowest BCUT2D eigenvalue weighted by Gasteiger charge is -2.28. The lowest BCUT2D eigenvalue weighted by Crippen LogP contribution is -2.43. The third-order valence-electron chi connectivity index (χ3n) is 2.72. The summed E-state index contributed by atoms with van der Waals surface area (Å²) in [5, 5.41) is 3.09. The number of nitrogens with one attached hydrogen (secondary N) is 1. The number of amides is 1. The molecule has 3 nitrogen and oxygen atoms in total. The Kier molecular flexibility index (Phi) is 8.38. The molecule has 1 unspecified atom stereocenters. The number of rotatable bonds is 8. The van der Waals surface area contributed by atoms with Gasteiger partial charge in [0.05, 0.1) is 6.54 Å². The van der Waals surface area contributed by atoms with Gasteiger partial charge in [0, 0.05) is 12.6 Å². The number of hydrogen-bond donors (Lipinski definition) is 1. The molecule has 3 heteroatoms. The van der Waals surface area contributed by atoms with Crippen LogP contribution in [0.1, 0.15) is 47.0 Å². The Morgan fingerprint density at radius 3 is 2.47 bits per heavy atom. The van der Waals surface area contributed by atoms with Gasteiger partial charge in [0.25, 0.3) is 0 Å². The van der Waals surface area contributed by atoms with Gasteiger partial charge in [-0.25, -0.2) is 0 Å². The van der Waals surface area contributed by atoms with Crippen LogP contribution in [0.5, 0.6) is 0 Å². The summed E-state index contributed by atoms with van der Waals surface area (Å²) in [7, 11) is 0. The number of nitrogens with zero attached hydrogens (tertiary/aromatic N) is 1. The van der Waals surface area contributed by atoms with Gasteiger partial charge < -0.3 is 10.2 Å². The van der Waals surface area contributed by atoms with Crippen molar-refractivity contribution in [1.29, 1.82) is 0 Å². The minimum atomic E-state index is 0.236. The molecule has 0 fully saturated rings. The Balaban J connectivity index is 4.14. The van der Waals surface area contributed by atoms with Crippen molar-refractivity contribution >= 4 is 5.91 Å². The molecule has 0 aromatic rings. The van der Waals surface area contributed by atoms with Gasteiger partial charge >= 0.3 is 0 Å². The average molecular weight is 214 g/mol. The maximum Gasteiger partial charge on any atom is 0.236 e. The standard InChI is InChI=1S/C12H26N2O/c1-5-8-9-14(11(4)6-2)12(15)10-13-7-3/h11,13H,5-10H2,1-4H3. The maximum atomic E-state index is 11.9. The van der Waals surface area contributed by atoms with Crippen molar-refractivity contribution in [2.75, 3.05) is 19.6 Å². The maximum absolute atomic E-state index is 11.9. The summed E-state index contributed by atoms with van der Waals surface area (Å²) in [5.74, 6) is 0.236. The second kappa shape index (κ2) is 8.72. The van der Waals surface area contributed by atoms with Crippen LogP contribution in [-0.2, 0) is 4.79 Å². The molecule has 0 saturated heterocycles. The lowest BCUT2D eigenvalue weighted by atomic mass is 10.2. The molecule has 0 bridgehead atoms. The molecular formula is C12H26N2O. The quantitative estimate of drug-likeness (QED) is 0.670. The molecule has 1 atom stereocenters.